The molecule has 0 bridgehead atoms. The van der Waals surface area contributed by atoms with Gasteiger partial charge in [0.05, 0.1) is 4.08 Å². The fourth-order valence-electron chi connectivity index (χ4n) is 1.28. The molecule has 2 atom stereocenters. The second-order valence-electron chi connectivity index (χ2n) is 4.45. The van der Waals surface area contributed by atoms with Gasteiger partial charge in [0, 0.05) is 16.6 Å². The average Bonchev–Trinajstić information content (AvgIpc) is 1.93. The largest absolute Gasteiger partial charge is 0.258 e. The van der Waals surface area contributed by atoms with E-state index in [1.165, 1.54) is 5.75 Å². The Bertz CT molecular complexity index is 195. The summed E-state index contributed by atoms with van der Waals surface area (Å²) in [6.45, 7) is 8.70. The molecule has 12 heavy (non-hydrogen) atoms. The first-order valence-corrected chi connectivity index (χ1v) is 6.71. The third-order valence-corrected chi connectivity index (χ3v) is 7.36. The van der Waals surface area contributed by atoms with Crippen LogP contribution in [0.5, 0.6) is 0 Å². The highest BCUT2D eigenvalue weighted by atomic mass is 32.2. The molecule has 72 valence electrons. The van der Waals surface area contributed by atoms with Gasteiger partial charge in [-0.2, -0.15) is 0 Å². The summed E-state index contributed by atoms with van der Waals surface area (Å²) in [5, 5.41) is 0. The number of hydrogen-bond acceptors (Lipinski definition) is 2. The minimum Gasteiger partial charge on any atom is -0.258 e. The molecule has 0 aliphatic carbocycles. The molecule has 0 N–H and O–H groups in total. The summed E-state index contributed by atoms with van der Waals surface area (Å²) in [7, 11) is -0.650. The Morgan fingerprint density at radius 3 is 2.33 bits per heavy atom. The molecule has 1 aliphatic heterocycles. The number of hydrogen-bond donors (Lipinski definition) is 0. The van der Waals surface area contributed by atoms with Crippen LogP contribution in [-0.2, 0) is 10.8 Å². The van der Waals surface area contributed by atoms with E-state index in [1.54, 1.807) is 0 Å². The molecule has 2 unspecified atom stereocenters. The topological polar surface area (TPSA) is 17.1 Å². The number of thioether (sulfide) groups is 1. The molecule has 0 aromatic carbocycles. The van der Waals surface area contributed by atoms with Gasteiger partial charge in [0.15, 0.2) is 0 Å². The molecule has 1 aliphatic rings. The van der Waals surface area contributed by atoms with E-state index in [4.69, 9.17) is 0 Å². The molecule has 0 aromatic heterocycles. The molecule has 1 rings (SSSR count). The minimum atomic E-state index is -0.650. The first kappa shape index (κ1) is 10.6. The fourth-order valence-corrected chi connectivity index (χ4v) is 5.07. The Morgan fingerprint density at radius 2 is 2.00 bits per heavy atom. The van der Waals surface area contributed by atoms with Gasteiger partial charge in [-0.05, 0) is 24.5 Å². The van der Waals surface area contributed by atoms with Crippen LogP contribution in [0.25, 0.3) is 0 Å². The van der Waals surface area contributed by atoms with Gasteiger partial charge in [-0.15, -0.1) is 11.8 Å². The van der Waals surface area contributed by atoms with Crippen molar-refractivity contribution in [3.8, 4) is 0 Å². The molecule has 0 aromatic rings. The van der Waals surface area contributed by atoms with Gasteiger partial charge < -0.3 is 0 Å². The summed E-state index contributed by atoms with van der Waals surface area (Å²) >= 11 is 1.88. The predicted molar refractivity (Wildman–Crippen MR) is 57.9 cm³/mol. The van der Waals surface area contributed by atoms with Crippen LogP contribution in [0.2, 0.25) is 0 Å². The van der Waals surface area contributed by atoms with Crippen molar-refractivity contribution in [2.24, 2.45) is 5.41 Å². The smallest absolute Gasteiger partial charge is 0.0928 e. The Kier molecular flexibility index (Phi) is 2.94. The van der Waals surface area contributed by atoms with Crippen LogP contribution >= 0.6 is 11.8 Å². The Hall–Kier alpha value is 0.500. The van der Waals surface area contributed by atoms with Crippen LogP contribution in [0.3, 0.4) is 0 Å². The molecular weight excluding hydrogens is 188 g/mol. The zero-order valence-electron chi connectivity index (χ0n) is 8.35. The van der Waals surface area contributed by atoms with Crippen molar-refractivity contribution in [2.45, 2.75) is 38.2 Å². The van der Waals surface area contributed by atoms with Crippen LogP contribution in [-0.4, -0.2) is 19.8 Å². The van der Waals surface area contributed by atoms with Crippen molar-refractivity contribution in [3.63, 3.8) is 0 Å². The zero-order chi connectivity index (χ0) is 9.41. The van der Waals surface area contributed by atoms with Gasteiger partial charge in [-0.25, -0.2) is 0 Å². The highest BCUT2D eigenvalue weighted by molar-refractivity contribution is 8.13. The van der Waals surface area contributed by atoms with Crippen LogP contribution in [0.4, 0.5) is 0 Å². The summed E-state index contributed by atoms with van der Waals surface area (Å²) in [6, 6.07) is 0. The molecule has 0 amide bonds. The van der Waals surface area contributed by atoms with E-state index in [1.807, 2.05) is 11.8 Å². The molecule has 3 heteroatoms. The SMILES string of the molecule is CC(C)(C)C1(C)SCCCS1=O. The van der Waals surface area contributed by atoms with Crippen molar-refractivity contribution in [1.82, 2.24) is 0 Å². The molecule has 0 spiro atoms. The van der Waals surface area contributed by atoms with Crippen molar-refractivity contribution in [1.29, 1.82) is 0 Å². The van der Waals surface area contributed by atoms with Gasteiger partial charge in [-0.1, -0.05) is 20.8 Å². The molecule has 0 radical (unpaired) electrons. The van der Waals surface area contributed by atoms with Crippen LogP contribution < -0.4 is 0 Å². The zero-order valence-corrected chi connectivity index (χ0v) is 9.98. The quantitative estimate of drug-likeness (QED) is 0.606. The summed E-state index contributed by atoms with van der Waals surface area (Å²) in [5.74, 6) is 2.06. The summed E-state index contributed by atoms with van der Waals surface area (Å²) < 4.78 is 11.8. The minimum absolute atomic E-state index is 0.0365. The van der Waals surface area contributed by atoms with Gasteiger partial charge in [0.2, 0.25) is 0 Å². The Labute approximate surface area is 82.2 Å². The third kappa shape index (κ3) is 1.72. The first-order chi connectivity index (χ1) is 5.38. The maximum Gasteiger partial charge on any atom is 0.0928 e. The summed E-state index contributed by atoms with van der Waals surface area (Å²) in [6.07, 6.45) is 1.11. The van der Waals surface area contributed by atoms with E-state index < -0.39 is 10.8 Å². The molecule has 1 nitrogen and oxygen atoms in total. The second-order valence-corrected chi connectivity index (χ2v) is 8.13. The van der Waals surface area contributed by atoms with E-state index in [0.29, 0.717) is 0 Å². The van der Waals surface area contributed by atoms with Crippen molar-refractivity contribution < 1.29 is 4.21 Å². The van der Waals surface area contributed by atoms with Gasteiger partial charge in [0.1, 0.15) is 0 Å². The molecule has 1 fully saturated rings. The van der Waals surface area contributed by atoms with E-state index in [2.05, 4.69) is 27.7 Å². The fraction of sp³-hybridized carbons (Fsp3) is 1.00. The van der Waals surface area contributed by atoms with Gasteiger partial charge in [0.25, 0.3) is 0 Å². The summed E-state index contributed by atoms with van der Waals surface area (Å²) in [5.41, 5.74) is 0.142. The van der Waals surface area contributed by atoms with Crippen LogP contribution in [0, 0.1) is 5.41 Å². The average molecular weight is 206 g/mol. The normalized spacial score (nSPS) is 38.2. The van der Waals surface area contributed by atoms with Crippen LogP contribution in [0.1, 0.15) is 34.1 Å². The highest BCUT2D eigenvalue weighted by Gasteiger charge is 2.44. The Morgan fingerprint density at radius 1 is 1.42 bits per heavy atom. The number of rotatable bonds is 0. The lowest BCUT2D eigenvalue weighted by atomic mass is 9.92. The van der Waals surface area contributed by atoms with E-state index in [-0.39, 0.29) is 9.49 Å². The van der Waals surface area contributed by atoms with E-state index in [0.717, 1.165) is 12.2 Å². The van der Waals surface area contributed by atoms with Crippen molar-refractivity contribution in [2.75, 3.05) is 11.5 Å². The lowest BCUT2D eigenvalue weighted by Gasteiger charge is -2.42. The third-order valence-electron chi connectivity index (χ3n) is 2.65. The highest BCUT2D eigenvalue weighted by Crippen LogP contribution is 2.47. The molecule has 0 saturated carbocycles. The maximum absolute atomic E-state index is 11.9. The van der Waals surface area contributed by atoms with E-state index in [9.17, 15) is 4.21 Å². The monoisotopic (exact) mass is 206 g/mol. The lowest BCUT2D eigenvalue weighted by Crippen LogP contribution is -2.44. The lowest BCUT2D eigenvalue weighted by molar-refractivity contribution is 0.375. The van der Waals surface area contributed by atoms with Gasteiger partial charge in [-0.3, -0.25) is 4.21 Å². The molecule has 1 heterocycles. The van der Waals surface area contributed by atoms with E-state index >= 15 is 0 Å². The van der Waals surface area contributed by atoms with Crippen molar-refractivity contribution in [3.05, 3.63) is 0 Å². The second kappa shape index (κ2) is 3.33. The maximum atomic E-state index is 11.9. The molecular formula is C9H18OS2. The van der Waals surface area contributed by atoms with Crippen LogP contribution in [0.15, 0.2) is 0 Å². The van der Waals surface area contributed by atoms with Gasteiger partial charge >= 0.3 is 0 Å². The van der Waals surface area contributed by atoms with Crippen molar-refractivity contribution >= 4 is 22.6 Å². The predicted octanol–water partition coefficient (Wildman–Crippen LogP) is 2.63. The Balaban J connectivity index is 2.87. The standard InChI is InChI=1S/C9H18OS2/c1-8(2,3)9(4)11-6-5-7-12(9)10/h5-7H2,1-4H3. The summed E-state index contributed by atoms with van der Waals surface area (Å²) in [4.78, 5) is 0. The first-order valence-electron chi connectivity index (χ1n) is 4.40. The molecule has 1 saturated heterocycles.